The van der Waals surface area contributed by atoms with Crippen LogP contribution in [0, 0.1) is 0 Å². The predicted molar refractivity (Wildman–Crippen MR) is 131 cm³/mol. The summed E-state index contributed by atoms with van der Waals surface area (Å²) in [6, 6.07) is 12.9. The van der Waals surface area contributed by atoms with Crippen molar-refractivity contribution in [3.05, 3.63) is 58.9 Å². The molecule has 9 nitrogen and oxygen atoms in total. The lowest BCUT2D eigenvalue weighted by Gasteiger charge is -2.06. The Morgan fingerprint density at radius 1 is 1.00 bits per heavy atom. The summed E-state index contributed by atoms with van der Waals surface area (Å²) in [6.45, 7) is 3.68. The fourth-order valence-corrected chi connectivity index (χ4v) is 5.73. The van der Waals surface area contributed by atoms with Crippen LogP contribution in [0.1, 0.15) is 37.0 Å². The van der Waals surface area contributed by atoms with E-state index in [0.29, 0.717) is 15.8 Å². The number of rotatable bonds is 10. The molecule has 0 saturated carbocycles. The van der Waals surface area contributed by atoms with Crippen molar-refractivity contribution in [2.75, 3.05) is 19.0 Å². The SMILES string of the molecule is CCOC(=O)Cn1c(=NC(=O)CCCS(=O)(=O)c2ccccc2)sc2cc(C(=O)OCC)ccc21. The van der Waals surface area contributed by atoms with Crippen LogP contribution < -0.4 is 4.80 Å². The molecule has 0 saturated heterocycles. The van der Waals surface area contributed by atoms with E-state index in [1.807, 2.05) is 0 Å². The van der Waals surface area contributed by atoms with Gasteiger partial charge in [-0.15, -0.1) is 0 Å². The first-order valence-electron chi connectivity index (χ1n) is 11.1. The van der Waals surface area contributed by atoms with Crippen molar-refractivity contribution >= 4 is 49.2 Å². The zero-order chi connectivity index (χ0) is 25.4. The number of thiazole rings is 1. The van der Waals surface area contributed by atoms with Gasteiger partial charge in [0.25, 0.3) is 0 Å². The van der Waals surface area contributed by atoms with Crippen LogP contribution in [-0.2, 0) is 35.4 Å². The molecular weight excluding hydrogens is 492 g/mol. The van der Waals surface area contributed by atoms with E-state index in [2.05, 4.69) is 4.99 Å². The lowest BCUT2D eigenvalue weighted by Crippen LogP contribution is -2.23. The van der Waals surface area contributed by atoms with Crippen LogP contribution in [0.5, 0.6) is 0 Å². The Morgan fingerprint density at radius 2 is 1.71 bits per heavy atom. The molecule has 3 rings (SSSR count). The van der Waals surface area contributed by atoms with Gasteiger partial charge in [-0.05, 0) is 50.6 Å². The molecule has 0 N–H and O–H groups in total. The molecule has 3 aromatic rings. The Morgan fingerprint density at radius 3 is 2.40 bits per heavy atom. The summed E-state index contributed by atoms with van der Waals surface area (Å²) in [6.07, 6.45) is 0.0309. The van der Waals surface area contributed by atoms with Crippen molar-refractivity contribution in [2.24, 2.45) is 4.99 Å². The van der Waals surface area contributed by atoms with Crippen LogP contribution in [-0.4, -0.2) is 49.8 Å². The van der Waals surface area contributed by atoms with E-state index >= 15 is 0 Å². The summed E-state index contributed by atoms with van der Waals surface area (Å²) in [5.74, 6) is -1.67. The first-order valence-corrected chi connectivity index (χ1v) is 13.5. The number of aromatic nitrogens is 1. The van der Waals surface area contributed by atoms with Gasteiger partial charge in [0.15, 0.2) is 14.6 Å². The van der Waals surface area contributed by atoms with E-state index in [1.54, 1.807) is 54.8 Å². The third kappa shape index (κ3) is 6.86. The molecule has 2 aromatic carbocycles. The summed E-state index contributed by atoms with van der Waals surface area (Å²) in [5.41, 5.74) is 0.946. The van der Waals surface area contributed by atoms with Gasteiger partial charge in [-0.25, -0.2) is 13.2 Å². The van der Waals surface area contributed by atoms with Crippen LogP contribution in [0.15, 0.2) is 58.4 Å². The van der Waals surface area contributed by atoms with Gasteiger partial charge >= 0.3 is 11.9 Å². The number of nitrogens with zero attached hydrogens (tertiary/aromatic N) is 2. The quantitative estimate of drug-likeness (QED) is 0.378. The maximum Gasteiger partial charge on any atom is 0.338 e. The standard InChI is InChI=1S/C24H26N2O7S2/c1-3-32-22(28)16-26-19-13-12-17(23(29)33-4-2)15-20(19)34-24(26)25-21(27)11-8-14-35(30,31)18-9-6-5-7-10-18/h5-7,9-10,12-13,15H,3-4,8,11,14,16H2,1-2H3. The number of amides is 1. The predicted octanol–water partition coefficient (Wildman–Crippen LogP) is 3.12. The van der Waals surface area contributed by atoms with Gasteiger partial charge < -0.3 is 14.0 Å². The largest absolute Gasteiger partial charge is 0.465 e. The molecule has 0 aliphatic rings. The van der Waals surface area contributed by atoms with Gasteiger partial charge in [0.05, 0.1) is 39.6 Å². The van der Waals surface area contributed by atoms with Crippen LogP contribution in [0.25, 0.3) is 10.2 Å². The van der Waals surface area contributed by atoms with Gasteiger partial charge in [-0.3, -0.25) is 9.59 Å². The zero-order valence-corrected chi connectivity index (χ0v) is 21.1. The summed E-state index contributed by atoms with van der Waals surface area (Å²) in [5, 5.41) is 0. The second-order valence-electron chi connectivity index (χ2n) is 7.42. The van der Waals surface area contributed by atoms with Crippen LogP contribution in [0.2, 0.25) is 0 Å². The average molecular weight is 519 g/mol. The molecule has 0 radical (unpaired) electrons. The Balaban J connectivity index is 1.85. The van der Waals surface area contributed by atoms with E-state index in [4.69, 9.17) is 9.47 Å². The topological polar surface area (TPSA) is 121 Å². The average Bonchev–Trinajstić information content (AvgIpc) is 3.15. The highest BCUT2D eigenvalue weighted by Crippen LogP contribution is 2.20. The Bertz CT molecular complexity index is 1390. The second-order valence-corrected chi connectivity index (χ2v) is 10.5. The van der Waals surface area contributed by atoms with Gasteiger partial charge in [0.1, 0.15) is 6.54 Å². The molecule has 0 spiro atoms. The highest BCUT2D eigenvalue weighted by Gasteiger charge is 2.17. The maximum absolute atomic E-state index is 12.6. The van der Waals surface area contributed by atoms with Crippen molar-refractivity contribution in [3.63, 3.8) is 0 Å². The number of carbonyl (C=O) groups is 3. The number of sulfone groups is 1. The number of hydrogen-bond donors (Lipinski definition) is 0. The fourth-order valence-electron chi connectivity index (χ4n) is 3.31. The molecule has 0 fully saturated rings. The van der Waals surface area contributed by atoms with Crippen molar-refractivity contribution in [1.82, 2.24) is 4.57 Å². The molecule has 0 aliphatic carbocycles. The number of benzene rings is 2. The van der Waals surface area contributed by atoms with E-state index < -0.39 is 27.7 Å². The molecular formula is C24H26N2O7S2. The minimum Gasteiger partial charge on any atom is -0.465 e. The molecule has 35 heavy (non-hydrogen) atoms. The van der Waals surface area contributed by atoms with Gasteiger partial charge in [-0.2, -0.15) is 4.99 Å². The number of hydrogen-bond acceptors (Lipinski definition) is 8. The molecule has 0 bridgehead atoms. The van der Waals surface area contributed by atoms with Crippen molar-refractivity contribution in [2.45, 2.75) is 38.1 Å². The highest BCUT2D eigenvalue weighted by atomic mass is 32.2. The van der Waals surface area contributed by atoms with Crippen LogP contribution in [0.4, 0.5) is 0 Å². The number of esters is 2. The Kier molecular flexibility index (Phi) is 8.94. The van der Waals surface area contributed by atoms with Gasteiger partial charge in [0.2, 0.25) is 5.91 Å². The van der Waals surface area contributed by atoms with Gasteiger partial charge in [-0.1, -0.05) is 29.5 Å². The maximum atomic E-state index is 12.6. The summed E-state index contributed by atoms with van der Waals surface area (Å²) in [7, 11) is -3.50. The number of fused-ring (bicyclic) bond motifs is 1. The van der Waals surface area contributed by atoms with Gasteiger partial charge in [0, 0.05) is 6.42 Å². The summed E-state index contributed by atoms with van der Waals surface area (Å²) in [4.78, 5) is 41.4. The normalized spacial score (nSPS) is 12.0. The fraction of sp³-hybridized carbons (Fsp3) is 0.333. The third-order valence-corrected chi connectivity index (χ3v) is 7.77. The van der Waals surface area contributed by atoms with Crippen LogP contribution >= 0.6 is 11.3 Å². The third-order valence-electron chi connectivity index (χ3n) is 4.91. The number of carbonyl (C=O) groups excluding carboxylic acids is 3. The lowest BCUT2D eigenvalue weighted by atomic mass is 10.2. The minimum absolute atomic E-state index is 0.0756. The molecule has 186 valence electrons. The molecule has 1 heterocycles. The zero-order valence-electron chi connectivity index (χ0n) is 19.4. The first-order chi connectivity index (χ1) is 16.7. The van der Waals surface area contributed by atoms with Crippen molar-refractivity contribution < 1.29 is 32.3 Å². The summed E-state index contributed by atoms with van der Waals surface area (Å²) >= 11 is 1.14. The van der Waals surface area contributed by atoms with E-state index in [1.165, 1.54) is 12.1 Å². The second kappa shape index (κ2) is 11.9. The Hall–Kier alpha value is -3.31. The smallest absolute Gasteiger partial charge is 0.338 e. The molecule has 0 atom stereocenters. The minimum atomic E-state index is -3.50. The van der Waals surface area contributed by atoms with E-state index in [0.717, 1.165) is 11.3 Å². The monoisotopic (exact) mass is 518 g/mol. The lowest BCUT2D eigenvalue weighted by molar-refractivity contribution is -0.143. The van der Waals surface area contributed by atoms with E-state index in [9.17, 15) is 22.8 Å². The Labute approximate surface area is 206 Å². The molecule has 0 aliphatic heterocycles. The van der Waals surface area contributed by atoms with Crippen LogP contribution in [0.3, 0.4) is 0 Å². The first kappa shape index (κ1) is 26.3. The molecule has 1 aromatic heterocycles. The number of ether oxygens (including phenoxy) is 2. The van der Waals surface area contributed by atoms with Crippen molar-refractivity contribution in [3.8, 4) is 0 Å². The summed E-state index contributed by atoms with van der Waals surface area (Å²) < 4.78 is 37.1. The molecule has 0 unspecified atom stereocenters. The molecule has 11 heteroatoms. The van der Waals surface area contributed by atoms with E-state index in [-0.39, 0.29) is 48.0 Å². The molecule has 1 amide bonds. The highest BCUT2D eigenvalue weighted by molar-refractivity contribution is 7.91. The van der Waals surface area contributed by atoms with Crippen molar-refractivity contribution in [1.29, 1.82) is 0 Å².